The van der Waals surface area contributed by atoms with Gasteiger partial charge in [-0.25, -0.2) is 4.39 Å². The van der Waals surface area contributed by atoms with E-state index in [0.717, 1.165) is 18.4 Å². The Morgan fingerprint density at radius 2 is 2.37 bits per heavy atom. The standard InChI is InChI=1S/C14H20FNO2S/c1-10(19(2)17)9-16-13-4-3-7-18-14-8-11(15)5-6-12(13)14/h5-6,8,10,13,16H,3-4,7,9H2,1-2H3/t10-,13+,19-/m1/s1. The molecule has 1 N–H and O–H groups in total. The van der Waals surface area contributed by atoms with E-state index in [-0.39, 0.29) is 17.1 Å². The van der Waals surface area contributed by atoms with Gasteiger partial charge in [-0.05, 0) is 25.8 Å². The third kappa shape index (κ3) is 3.76. The fraction of sp³-hybridized carbons (Fsp3) is 0.571. The summed E-state index contributed by atoms with van der Waals surface area (Å²) in [4.78, 5) is 0. The predicted octanol–water partition coefficient (Wildman–Crippen LogP) is 2.40. The van der Waals surface area contributed by atoms with Crippen LogP contribution in [-0.4, -0.2) is 28.9 Å². The molecule has 1 aromatic rings. The lowest BCUT2D eigenvalue weighted by molar-refractivity contribution is 0.314. The molecule has 1 aromatic carbocycles. The van der Waals surface area contributed by atoms with Crippen LogP contribution in [0, 0.1) is 5.82 Å². The summed E-state index contributed by atoms with van der Waals surface area (Å²) in [5.41, 5.74) is 0.994. The van der Waals surface area contributed by atoms with Gasteiger partial charge in [-0.2, -0.15) is 0 Å². The molecule has 0 saturated heterocycles. The third-order valence-corrected chi connectivity index (χ3v) is 4.76. The Kier molecular flexibility index (Phi) is 4.93. The molecule has 0 unspecified atom stereocenters. The molecular weight excluding hydrogens is 265 g/mol. The Bertz CT molecular complexity index is 467. The molecule has 0 bridgehead atoms. The van der Waals surface area contributed by atoms with Crippen molar-refractivity contribution in [3.63, 3.8) is 0 Å². The molecule has 3 nitrogen and oxygen atoms in total. The van der Waals surface area contributed by atoms with Crippen LogP contribution in [-0.2, 0) is 10.8 Å². The van der Waals surface area contributed by atoms with Crippen molar-refractivity contribution in [3.05, 3.63) is 29.6 Å². The molecule has 0 spiro atoms. The number of hydrogen-bond acceptors (Lipinski definition) is 3. The fourth-order valence-corrected chi connectivity index (χ4v) is 2.51. The van der Waals surface area contributed by atoms with Gasteiger partial charge < -0.3 is 10.1 Å². The minimum Gasteiger partial charge on any atom is -0.493 e. The van der Waals surface area contributed by atoms with E-state index in [1.807, 2.05) is 6.92 Å². The Morgan fingerprint density at radius 3 is 3.11 bits per heavy atom. The lowest BCUT2D eigenvalue weighted by Gasteiger charge is -2.20. The quantitative estimate of drug-likeness (QED) is 0.923. The number of halogens is 1. The second kappa shape index (κ2) is 6.48. The van der Waals surface area contributed by atoms with E-state index in [4.69, 9.17) is 4.74 Å². The highest BCUT2D eigenvalue weighted by molar-refractivity contribution is 7.84. The van der Waals surface area contributed by atoms with Crippen molar-refractivity contribution in [3.8, 4) is 5.75 Å². The van der Waals surface area contributed by atoms with E-state index >= 15 is 0 Å². The monoisotopic (exact) mass is 285 g/mol. The topological polar surface area (TPSA) is 38.3 Å². The van der Waals surface area contributed by atoms with E-state index in [0.29, 0.717) is 18.9 Å². The van der Waals surface area contributed by atoms with Gasteiger partial charge >= 0.3 is 0 Å². The Labute approximate surface area is 116 Å². The largest absolute Gasteiger partial charge is 0.493 e. The number of nitrogens with one attached hydrogen (secondary N) is 1. The zero-order valence-electron chi connectivity index (χ0n) is 11.3. The SMILES string of the molecule is C[C@H](CN[C@H]1CCCOc2cc(F)ccc21)[S@@](C)=O. The molecule has 0 fully saturated rings. The Hall–Kier alpha value is -0.940. The molecule has 0 amide bonds. The van der Waals surface area contributed by atoms with Crippen LogP contribution in [0.3, 0.4) is 0 Å². The zero-order chi connectivity index (χ0) is 13.8. The molecule has 0 saturated carbocycles. The molecule has 1 aliphatic heterocycles. The third-order valence-electron chi connectivity index (χ3n) is 3.46. The highest BCUT2D eigenvalue weighted by atomic mass is 32.2. The van der Waals surface area contributed by atoms with Crippen LogP contribution in [0.15, 0.2) is 18.2 Å². The van der Waals surface area contributed by atoms with Crippen molar-refractivity contribution in [1.29, 1.82) is 0 Å². The molecule has 0 aromatic heterocycles. The first-order valence-electron chi connectivity index (χ1n) is 6.56. The van der Waals surface area contributed by atoms with Crippen molar-refractivity contribution in [2.24, 2.45) is 0 Å². The minimum absolute atomic E-state index is 0.105. The second-order valence-electron chi connectivity index (χ2n) is 4.94. The van der Waals surface area contributed by atoms with Gasteiger partial charge in [-0.1, -0.05) is 6.07 Å². The Balaban J connectivity index is 2.11. The number of fused-ring (bicyclic) bond motifs is 1. The molecule has 19 heavy (non-hydrogen) atoms. The Morgan fingerprint density at radius 1 is 1.58 bits per heavy atom. The first kappa shape index (κ1) is 14.5. The minimum atomic E-state index is -0.834. The van der Waals surface area contributed by atoms with Gasteiger partial charge in [-0.15, -0.1) is 0 Å². The van der Waals surface area contributed by atoms with Crippen molar-refractivity contribution >= 4 is 10.8 Å². The molecule has 5 heteroatoms. The number of rotatable bonds is 4. The lowest BCUT2D eigenvalue weighted by atomic mass is 10.0. The van der Waals surface area contributed by atoms with Gasteiger partial charge in [0.05, 0.1) is 6.61 Å². The zero-order valence-corrected chi connectivity index (χ0v) is 12.1. The van der Waals surface area contributed by atoms with Crippen molar-refractivity contribution < 1.29 is 13.3 Å². The maximum atomic E-state index is 13.2. The highest BCUT2D eigenvalue weighted by Crippen LogP contribution is 2.31. The predicted molar refractivity (Wildman–Crippen MR) is 75.4 cm³/mol. The summed E-state index contributed by atoms with van der Waals surface area (Å²) in [6.45, 7) is 3.26. The van der Waals surface area contributed by atoms with Crippen LogP contribution in [0.4, 0.5) is 4.39 Å². The van der Waals surface area contributed by atoms with Crippen molar-refractivity contribution in [2.75, 3.05) is 19.4 Å². The van der Waals surface area contributed by atoms with Gasteiger partial charge in [-0.3, -0.25) is 4.21 Å². The molecule has 0 aliphatic carbocycles. The van der Waals surface area contributed by atoms with Gasteiger partial charge in [0.2, 0.25) is 0 Å². The molecular formula is C14H20FNO2S. The van der Waals surface area contributed by atoms with Gasteiger partial charge in [0.25, 0.3) is 0 Å². The molecule has 106 valence electrons. The lowest BCUT2D eigenvalue weighted by Crippen LogP contribution is -2.30. The summed E-state index contributed by atoms with van der Waals surface area (Å²) in [5, 5.41) is 3.53. The summed E-state index contributed by atoms with van der Waals surface area (Å²) in [6.07, 6.45) is 3.59. The maximum absolute atomic E-state index is 13.2. The van der Waals surface area contributed by atoms with Gasteiger partial charge in [0.15, 0.2) is 0 Å². The van der Waals surface area contributed by atoms with Crippen LogP contribution in [0.25, 0.3) is 0 Å². The summed E-state index contributed by atoms with van der Waals surface area (Å²) >= 11 is 0. The van der Waals surface area contributed by atoms with Crippen LogP contribution >= 0.6 is 0 Å². The van der Waals surface area contributed by atoms with Crippen LogP contribution in [0.5, 0.6) is 5.75 Å². The number of benzene rings is 1. The normalized spacial score (nSPS) is 21.9. The van der Waals surface area contributed by atoms with Crippen LogP contribution in [0.1, 0.15) is 31.4 Å². The van der Waals surface area contributed by atoms with Crippen LogP contribution < -0.4 is 10.1 Å². The average molecular weight is 285 g/mol. The van der Waals surface area contributed by atoms with Gasteiger partial charge in [0, 0.05) is 46.5 Å². The second-order valence-corrected chi connectivity index (χ2v) is 6.74. The van der Waals surface area contributed by atoms with E-state index < -0.39 is 10.8 Å². The fourth-order valence-electron chi connectivity index (χ4n) is 2.18. The van der Waals surface area contributed by atoms with E-state index in [9.17, 15) is 8.60 Å². The van der Waals surface area contributed by atoms with Crippen molar-refractivity contribution in [2.45, 2.75) is 31.1 Å². The first-order chi connectivity index (χ1) is 9.08. The molecule has 0 radical (unpaired) electrons. The summed E-state index contributed by atoms with van der Waals surface area (Å²) < 4.78 is 30.2. The van der Waals surface area contributed by atoms with Gasteiger partial charge in [0.1, 0.15) is 11.6 Å². The molecule has 2 rings (SSSR count). The molecule has 1 heterocycles. The van der Waals surface area contributed by atoms with E-state index in [2.05, 4.69) is 5.32 Å². The van der Waals surface area contributed by atoms with E-state index in [1.165, 1.54) is 12.1 Å². The first-order valence-corrected chi connectivity index (χ1v) is 8.18. The maximum Gasteiger partial charge on any atom is 0.126 e. The molecule has 3 atom stereocenters. The smallest absolute Gasteiger partial charge is 0.126 e. The van der Waals surface area contributed by atoms with Crippen LogP contribution in [0.2, 0.25) is 0 Å². The number of ether oxygens (including phenoxy) is 1. The summed E-state index contributed by atoms with van der Waals surface area (Å²) in [7, 11) is -0.834. The summed E-state index contributed by atoms with van der Waals surface area (Å²) in [6, 6.07) is 4.82. The highest BCUT2D eigenvalue weighted by Gasteiger charge is 2.20. The average Bonchev–Trinajstić information content (AvgIpc) is 2.57. The van der Waals surface area contributed by atoms with Crippen molar-refractivity contribution in [1.82, 2.24) is 5.32 Å². The summed E-state index contributed by atoms with van der Waals surface area (Å²) in [5.74, 6) is 0.350. The molecule has 1 aliphatic rings. The van der Waals surface area contributed by atoms with E-state index in [1.54, 1.807) is 12.3 Å². The number of hydrogen-bond donors (Lipinski definition) is 1.